The summed E-state index contributed by atoms with van der Waals surface area (Å²) < 4.78 is 36.0. The lowest BCUT2D eigenvalue weighted by molar-refractivity contribution is -0.143. The molecule has 1 radical (unpaired) electrons. The number of rotatable bonds is 0. The Bertz CT molecular complexity index is 224. The average Bonchev–Trinajstić information content (AvgIpc) is 1.86. The van der Waals surface area contributed by atoms with Crippen molar-refractivity contribution in [3.8, 4) is 0 Å². The van der Waals surface area contributed by atoms with Gasteiger partial charge < -0.3 is 0 Å². The Hall–Kier alpha value is -0.640. The van der Waals surface area contributed by atoms with Gasteiger partial charge in [0.15, 0.2) is 0 Å². The summed E-state index contributed by atoms with van der Waals surface area (Å²) in [6, 6.07) is 0. The minimum absolute atomic E-state index is 0.125. The standard InChI is InChI=1S/C7H4F3S/c8-7(9,10)5-3-1-2-4-6(5)11/h1,3-5H. The van der Waals surface area contributed by atoms with Crippen molar-refractivity contribution in [3.05, 3.63) is 24.3 Å². The highest BCUT2D eigenvalue weighted by atomic mass is 32.1. The van der Waals surface area contributed by atoms with Gasteiger partial charge in [0.25, 0.3) is 0 Å². The monoisotopic (exact) mass is 177 g/mol. The highest BCUT2D eigenvalue weighted by Crippen LogP contribution is 2.30. The molecule has 0 N–H and O–H groups in total. The molecule has 1 atom stereocenters. The van der Waals surface area contributed by atoms with Crippen molar-refractivity contribution in [2.24, 2.45) is 5.92 Å². The van der Waals surface area contributed by atoms with Gasteiger partial charge in [-0.2, -0.15) is 13.2 Å². The maximum Gasteiger partial charge on any atom is 0.399 e. The quantitative estimate of drug-likeness (QED) is 0.512. The van der Waals surface area contributed by atoms with Crippen molar-refractivity contribution in [2.75, 3.05) is 0 Å². The van der Waals surface area contributed by atoms with Gasteiger partial charge in [0, 0.05) is 4.86 Å². The van der Waals surface area contributed by atoms with E-state index < -0.39 is 12.1 Å². The molecule has 0 saturated heterocycles. The van der Waals surface area contributed by atoms with Crippen molar-refractivity contribution in [1.29, 1.82) is 0 Å². The Morgan fingerprint density at radius 3 is 2.45 bits per heavy atom. The van der Waals surface area contributed by atoms with E-state index in [0.29, 0.717) is 0 Å². The van der Waals surface area contributed by atoms with Crippen LogP contribution in [0.1, 0.15) is 0 Å². The predicted octanol–water partition coefficient (Wildman–Crippen LogP) is 2.46. The molecule has 59 valence electrons. The minimum atomic E-state index is -4.26. The van der Waals surface area contributed by atoms with Crippen molar-refractivity contribution in [2.45, 2.75) is 6.18 Å². The van der Waals surface area contributed by atoms with Crippen molar-refractivity contribution in [1.82, 2.24) is 0 Å². The summed E-state index contributed by atoms with van der Waals surface area (Å²) in [7, 11) is 0. The van der Waals surface area contributed by atoms with Crippen LogP contribution in [-0.4, -0.2) is 11.0 Å². The van der Waals surface area contributed by atoms with Crippen LogP contribution in [0, 0.1) is 12.0 Å². The summed E-state index contributed by atoms with van der Waals surface area (Å²) in [5.41, 5.74) is 0. The third kappa shape index (κ3) is 1.89. The first kappa shape index (κ1) is 8.46. The molecule has 11 heavy (non-hydrogen) atoms. The van der Waals surface area contributed by atoms with Gasteiger partial charge in [-0.05, 0) is 12.2 Å². The van der Waals surface area contributed by atoms with E-state index in [4.69, 9.17) is 0 Å². The van der Waals surface area contributed by atoms with E-state index in [1.54, 1.807) is 0 Å². The second-order valence-corrected chi connectivity index (χ2v) is 2.56. The van der Waals surface area contributed by atoms with Crippen LogP contribution in [0.5, 0.6) is 0 Å². The lowest BCUT2D eigenvalue weighted by Gasteiger charge is -2.16. The minimum Gasteiger partial charge on any atom is -0.170 e. The SMILES string of the molecule is FC(F)(F)C1C=C[C]=CC1=S. The normalized spacial score (nSPS) is 24.3. The number of thiocarbonyl (C=S) groups is 1. The lowest BCUT2D eigenvalue weighted by atomic mass is 10.0. The summed E-state index contributed by atoms with van der Waals surface area (Å²) in [5.74, 6) is -1.60. The first-order valence-corrected chi connectivity index (χ1v) is 3.29. The van der Waals surface area contributed by atoms with Crippen molar-refractivity contribution >= 4 is 17.1 Å². The van der Waals surface area contributed by atoms with Crippen molar-refractivity contribution < 1.29 is 13.2 Å². The van der Waals surface area contributed by atoms with Crippen LogP contribution < -0.4 is 0 Å². The van der Waals surface area contributed by atoms with Gasteiger partial charge in [-0.15, -0.1) is 0 Å². The Labute approximate surface area is 67.4 Å². The maximum absolute atomic E-state index is 12.0. The second kappa shape index (κ2) is 2.77. The van der Waals surface area contributed by atoms with Crippen LogP contribution in [0.3, 0.4) is 0 Å². The van der Waals surface area contributed by atoms with Gasteiger partial charge in [0.1, 0.15) is 5.92 Å². The molecule has 1 aliphatic rings. The number of hydrogen-bond acceptors (Lipinski definition) is 1. The molecule has 0 bridgehead atoms. The molecule has 0 aromatic rings. The molecule has 0 heterocycles. The number of alkyl halides is 3. The third-order valence-corrected chi connectivity index (χ3v) is 1.64. The average molecular weight is 177 g/mol. The Kier molecular flexibility index (Phi) is 2.13. The topological polar surface area (TPSA) is 0 Å². The van der Waals surface area contributed by atoms with Crippen LogP contribution in [0.4, 0.5) is 13.2 Å². The Morgan fingerprint density at radius 2 is 2.09 bits per heavy atom. The highest BCUT2D eigenvalue weighted by molar-refractivity contribution is 7.80. The van der Waals surface area contributed by atoms with E-state index in [0.717, 1.165) is 6.08 Å². The van der Waals surface area contributed by atoms with Gasteiger partial charge in [-0.1, -0.05) is 24.4 Å². The van der Waals surface area contributed by atoms with Crippen LogP contribution in [-0.2, 0) is 0 Å². The Morgan fingerprint density at radius 1 is 1.45 bits per heavy atom. The summed E-state index contributed by atoms with van der Waals surface area (Å²) in [5, 5.41) is 0. The van der Waals surface area contributed by atoms with Crippen molar-refractivity contribution in [3.63, 3.8) is 0 Å². The molecule has 0 fully saturated rings. The summed E-state index contributed by atoms with van der Waals surface area (Å²) in [4.78, 5) is -0.125. The van der Waals surface area contributed by atoms with E-state index in [1.165, 1.54) is 12.2 Å². The van der Waals surface area contributed by atoms with Gasteiger partial charge in [0.2, 0.25) is 0 Å². The molecule has 0 spiro atoms. The van der Waals surface area contributed by atoms with Crippen LogP contribution in [0.25, 0.3) is 0 Å². The van der Waals surface area contributed by atoms with E-state index in [9.17, 15) is 13.2 Å². The summed E-state index contributed by atoms with van der Waals surface area (Å²) in [6.07, 6.45) is 1.64. The zero-order valence-electron chi connectivity index (χ0n) is 5.35. The molecule has 0 nitrogen and oxygen atoms in total. The van der Waals surface area contributed by atoms with E-state index in [2.05, 4.69) is 18.3 Å². The largest absolute Gasteiger partial charge is 0.399 e. The fraction of sp³-hybridized carbons (Fsp3) is 0.286. The van der Waals surface area contributed by atoms with Crippen LogP contribution >= 0.6 is 12.2 Å². The zero-order chi connectivity index (χ0) is 8.48. The molecule has 1 aliphatic carbocycles. The number of hydrogen-bond donors (Lipinski definition) is 0. The fourth-order valence-electron chi connectivity index (χ4n) is 0.737. The molecule has 0 aromatic carbocycles. The van der Waals surface area contributed by atoms with Gasteiger partial charge >= 0.3 is 6.18 Å². The molecule has 1 rings (SSSR count). The molecule has 0 saturated carbocycles. The predicted molar refractivity (Wildman–Crippen MR) is 39.1 cm³/mol. The first-order valence-electron chi connectivity index (χ1n) is 2.88. The van der Waals surface area contributed by atoms with E-state index in [-0.39, 0.29) is 4.86 Å². The smallest absolute Gasteiger partial charge is 0.170 e. The number of halogens is 3. The lowest BCUT2D eigenvalue weighted by Crippen LogP contribution is -2.27. The van der Waals surface area contributed by atoms with Crippen LogP contribution in [0.15, 0.2) is 18.2 Å². The molecule has 0 amide bonds. The summed E-state index contributed by atoms with van der Waals surface area (Å²) >= 11 is 4.49. The third-order valence-electron chi connectivity index (χ3n) is 1.27. The van der Waals surface area contributed by atoms with Gasteiger partial charge in [0.05, 0.1) is 0 Å². The molecule has 1 unspecified atom stereocenters. The molecule has 4 heteroatoms. The molecule has 0 aromatic heterocycles. The maximum atomic E-state index is 12.0. The van der Waals surface area contributed by atoms with E-state index in [1.807, 2.05) is 0 Å². The van der Waals surface area contributed by atoms with E-state index >= 15 is 0 Å². The zero-order valence-corrected chi connectivity index (χ0v) is 6.17. The first-order chi connectivity index (χ1) is 5.02. The molecular formula is C7H4F3S. The summed E-state index contributed by atoms with van der Waals surface area (Å²) in [6.45, 7) is 0. The van der Waals surface area contributed by atoms with Gasteiger partial charge in [-0.25, -0.2) is 0 Å². The molecular weight excluding hydrogens is 173 g/mol. The molecule has 0 aliphatic heterocycles. The second-order valence-electron chi connectivity index (χ2n) is 2.09. The number of allylic oxidation sites excluding steroid dienone is 4. The Balaban J connectivity index is 2.82. The van der Waals surface area contributed by atoms with Crippen LogP contribution in [0.2, 0.25) is 0 Å². The fourth-order valence-corrected chi connectivity index (χ4v) is 1.02. The highest BCUT2D eigenvalue weighted by Gasteiger charge is 2.40. The van der Waals surface area contributed by atoms with Gasteiger partial charge in [-0.3, -0.25) is 0 Å².